The fraction of sp³-hybridized carbons (Fsp3) is 0.538. The Morgan fingerprint density at radius 1 is 1.00 bits per heavy atom. The summed E-state index contributed by atoms with van der Waals surface area (Å²) in [6, 6.07) is 3.65. The maximum atomic E-state index is 6.02. The van der Waals surface area contributed by atoms with Gasteiger partial charge in [0.1, 0.15) is 0 Å². The second-order valence-electron chi connectivity index (χ2n) is 5.90. The first-order chi connectivity index (χ1) is 8.82. The zero-order chi connectivity index (χ0) is 13.8. The van der Waals surface area contributed by atoms with Crippen LogP contribution in [-0.4, -0.2) is 25.1 Å². The molecule has 0 bridgehead atoms. The first kappa shape index (κ1) is 12.6. The molecule has 1 aromatic rings. The van der Waals surface area contributed by atoms with Crippen LogP contribution in [0.2, 0.25) is 0 Å². The zero-order valence-corrected chi connectivity index (χ0v) is 11.6. The average molecular weight is 263 g/mol. The molecule has 0 spiro atoms. The lowest BCUT2D eigenvalue weighted by atomic mass is 9.78. The third kappa shape index (κ3) is 1.78. The molecule has 5 nitrogen and oxygen atoms in total. The van der Waals surface area contributed by atoms with E-state index in [9.17, 15) is 0 Å². The SMILES string of the molecule is CC1(C)OB(c2ccc(N)c3c2OCO3)OC1(C)C. The molecule has 2 aliphatic rings. The van der Waals surface area contributed by atoms with Crippen LogP contribution in [0.15, 0.2) is 12.1 Å². The van der Waals surface area contributed by atoms with Crippen molar-refractivity contribution in [2.75, 3.05) is 12.5 Å². The lowest BCUT2D eigenvalue weighted by Gasteiger charge is -2.32. The monoisotopic (exact) mass is 263 g/mol. The van der Waals surface area contributed by atoms with Crippen molar-refractivity contribution in [3.05, 3.63) is 12.1 Å². The third-order valence-corrected chi connectivity index (χ3v) is 4.09. The lowest BCUT2D eigenvalue weighted by molar-refractivity contribution is 0.00578. The Bertz CT molecular complexity index is 514. The van der Waals surface area contributed by atoms with Crippen molar-refractivity contribution in [3.63, 3.8) is 0 Å². The number of nitrogen functional groups attached to an aromatic ring is 1. The standard InChI is InChI=1S/C13H18BNO4/c1-12(2)13(3,4)19-14(18-12)8-5-6-9(15)11-10(8)16-7-17-11/h5-6H,7,15H2,1-4H3. The highest BCUT2D eigenvalue weighted by Gasteiger charge is 2.53. The molecule has 0 unspecified atom stereocenters. The molecule has 0 aliphatic carbocycles. The first-order valence-electron chi connectivity index (χ1n) is 6.35. The van der Waals surface area contributed by atoms with Crippen LogP contribution < -0.4 is 20.7 Å². The maximum absolute atomic E-state index is 6.02. The predicted octanol–water partition coefficient (Wildman–Crippen LogP) is 1.30. The molecule has 6 heteroatoms. The molecule has 1 aromatic carbocycles. The molecule has 2 aliphatic heterocycles. The van der Waals surface area contributed by atoms with Crippen molar-refractivity contribution in [1.82, 2.24) is 0 Å². The second kappa shape index (κ2) is 3.80. The highest BCUT2D eigenvalue weighted by Crippen LogP contribution is 2.40. The normalized spacial score (nSPS) is 22.8. The van der Waals surface area contributed by atoms with Crippen LogP contribution in [-0.2, 0) is 9.31 Å². The average Bonchev–Trinajstić information content (AvgIpc) is 2.84. The van der Waals surface area contributed by atoms with E-state index in [-0.39, 0.29) is 18.0 Å². The number of nitrogens with two attached hydrogens (primary N) is 1. The van der Waals surface area contributed by atoms with E-state index in [1.54, 1.807) is 6.07 Å². The molecule has 0 radical (unpaired) electrons. The molecular weight excluding hydrogens is 245 g/mol. The number of benzene rings is 1. The Labute approximate surface area is 113 Å². The summed E-state index contributed by atoms with van der Waals surface area (Å²) in [4.78, 5) is 0. The molecule has 1 fully saturated rings. The van der Waals surface area contributed by atoms with Crippen LogP contribution in [0.5, 0.6) is 11.5 Å². The van der Waals surface area contributed by atoms with Crippen LogP contribution in [0, 0.1) is 0 Å². The van der Waals surface area contributed by atoms with Gasteiger partial charge in [0.2, 0.25) is 6.79 Å². The Morgan fingerprint density at radius 2 is 1.58 bits per heavy atom. The summed E-state index contributed by atoms with van der Waals surface area (Å²) in [7, 11) is -0.471. The number of fused-ring (bicyclic) bond motifs is 1. The highest BCUT2D eigenvalue weighted by atomic mass is 16.7. The molecule has 0 amide bonds. The molecule has 0 saturated carbocycles. The predicted molar refractivity (Wildman–Crippen MR) is 72.7 cm³/mol. The van der Waals surface area contributed by atoms with Gasteiger partial charge in [-0.3, -0.25) is 0 Å². The lowest BCUT2D eigenvalue weighted by Crippen LogP contribution is -2.41. The van der Waals surface area contributed by atoms with Crippen molar-refractivity contribution in [2.45, 2.75) is 38.9 Å². The number of ether oxygens (including phenoxy) is 2. The fourth-order valence-electron chi connectivity index (χ4n) is 2.19. The molecule has 2 heterocycles. The Balaban J connectivity index is 2.00. The summed E-state index contributed by atoms with van der Waals surface area (Å²) in [5, 5.41) is 0. The Hall–Kier alpha value is -1.40. The van der Waals surface area contributed by atoms with E-state index in [1.165, 1.54) is 0 Å². The van der Waals surface area contributed by atoms with E-state index in [0.717, 1.165) is 5.46 Å². The van der Waals surface area contributed by atoms with E-state index < -0.39 is 7.12 Å². The smallest absolute Gasteiger partial charge is 0.454 e. The quantitative estimate of drug-likeness (QED) is 0.611. The Morgan fingerprint density at radius 3 is 2.21 bits per heavy atom. The molecule has 0 atom stereocenters. The van der Waals surface area contributed by atoms with E-state index in [1.807, 2.05) is 33.8 Å². The van der Waals surface area contributed by atoms with Gasteiger partial charge in [-0.15, -0.1) is 0 Å². The zero-order valence-electron chi connectivity index (χ0n) is 11.6. The van der Waals surface area contributed by atoms with E-state index >= 15 is 0 Å². The molecule has 0 aromatic heterocycles. The summed E-state index contributed by atoms with van der Waals surface area (Å²) >= 11 is 0. The van der Waals surface area contributed by atoms with Gasteiger partial charge in [0, 0.05) is 5.46 Å². The van der Waals surface area contributed by atoms with E-state index in [2.05, 4.69) is 0 Å². The number of hydrogen-bond donors (Lipinski definition) is 1. The molecule has 19 heavy (non-hydrogen) atoms. The van der Waals surface area contributed by atoms with Crippen molar-refractivity contribution in [3.8, 4) is 11.5 Å². The fourth-order valence-corrected chi connectivity index (χ4v) is 2.19. The summed E-state index contributed by atoms with van der Waals surface area (Å²) in [6.45, 7) is 8.24. The minimum Gasteiger partial charge on any atom is -0.454 e. The van der Waals surface area contributed by atoms with Gasteiger partial charge in [0.15, 0.2) is 11.5 Å². The summed E-state index contributed by atoms with van der Waals surface area (Å²) in [6.07, 6.45) is 0. The topological polar surface area (TPSA) is 62.9 Å². The van der Waals surface area contributed by atoms with Crippen LogP contribution in [0.3, 0.4) is 0 Å². The maximum Gasteiger partial charge on any atom is 0.498 e. The van der Waals surface area contributed by atoms with Crippen LogP contribution in [0.25, 0.3) is 0 Å². The van der Waals surface area contributed by atoms with Crippen molar-refractivity contribution >= 4 is 18.3 Å². The minimum absolute atomic E-state index is 0.177. The largest absolute Gasteiger partial charge is 0.498 e. The van der Waals surface area contributed by atoms with Gasteiger partial charge in [-0.1, -0.05) is 6.07 Å². The van der Waals surface area contributed by atoms with Gasteiger partial charge in [-0.2, -0.15) is 0 Å². The molecule has 2 N–H and O–H groups in total. The van der Waals surface area contributed by atoms with Crippen LogP contribution >= 0.6 is 0 Å². The van der Waals surface area contributed by atoms with Gasteiger partial charge < -0.3 is 24.5 Å². The minimum atomic E-state index is -0.471. The number of anilines is 1. The van der Waals surface area contributed by atoms with Crippen molar-refractivity contribution in [2.24, 2.45) is 0 Å². The van der Waals surface area contributed by atoms with Gasteiger partial charge in [-0.25, -0.2) is 0 Å². The van der Waals surface area contributed by atoms with E-state index in [4.69, 9.17) is 24.5 Å². The van der Waals surface area contributed by atoms with Crippen LogP contribution in [0.1, 0.15) is 27.7 Å². The van der Waals surface area contributed by atoms with Gasteiger partial charge >= 0.3 is 7.12 Å². The van der Waals surface area contributed by atoms with Crippen molar-refractivity contribution in [1.29, 1.82) is 0 Å². The molecular formula is C13H18BNO4. The Kier molecular flexibility index (Phi) is 2.53. The number of hydrogen-bond acceptors (Lipinski definition) is 5. The second-order valence-corrected chi connectivity index (χ2v) is 5.90. The first-order valence-corrected chi connectivity index (χ1v) is 6.35. The van der Waals surface area contributed by atoms with Gasteiger partial charge in [0.25, 0.3) is 0 Å². The van der Waals surface area contributed by atoms with Gasteiger partial charge in [0.05, 0.1) is 16.9 Å². The molecule has 3 rings (SSSR count). The third-order valence-electron chi connectivity index (χ3n) is 4.09. The number of rotatable bonds is 1. The van der Waals surface area contributed by atoms with Crippen LogP contribution in [0.4, 0.5) is 5.69 Å². The summed E-state index contributed by atoms with van der Waals surface area (Å²) in [5.74, 6) is 1.20. The van der Waals surface area contributed by atoms with Crippen molar-refractivity contribution < 1.29 is 18.8 Å². The van der Waals surface area contributed by atoms with E-state index in [0.29, 0.717) is 17.2 Å². The highest BCUT2D eigenvalue weighted by molar-refractivity contribution is 6.63. The summed E-state index contributed by atoms with van der Waals surface area (Å²) in [5.41, 5.74) is 6.47. The molecule has 102 valence electrons. The molecule has 1 saturated heterocycles. The summed E-state index contributed by atoms with van der Waals surface area (Å²) < 4.78 is 22.9. The van der Waals surface area contributed by atoms with Gasteiger partial charge in [-0.05, 0) is 33.8 Å².